The first kappa shape index (κ1) is 8.74. The number of hydrogen-bond donors (Lipinski definition) is 2. The minimum absolute atomic E-state index is 1.65. The quantitative estimate of drug-likeness (QED) is 0.508. The molecule has 0 aromatic carbocycles. The van der Waals surface area contributed by atoms with Crippen LogP contribution >= 0.6 is 22.2 Å². The molecule has 0 aliphatic heterocycles. The zero-order valence-corrected chi connectivity index (χ0v) is 6.48. The lowest BCUT2D eigenvalue weighted by Gasteiger charge is -2.01. The molecule has 0 aromatic heterocycles. The van der Waals surface area contributed by atoms with Crippen molar-refractivity contribution in [1.82, 2.24) is 0 Å². The van der Waals surface area contributed by atoms with Crippen LogP contribution in [0.15, 0.2) is 0 Å². The van der Waals surface area contributed by atoms with E-state index in [1.807, 2.05) is 0 Å². The van der Waals surface area contributed by atoms with Gasteiger partial charge in [0.2, 0.25) is 0 Å². The van der Waals surface area contributed by atoms with Gasteiger partial charge in [0.1, 0.15) is 0 Å². The smallest absolute Gasteiger partial charge is 0.483 e. The van der Waals surface area contributed by atoms with E-state index in [1.54, 1.807) is 0 Å². The third-order valence-corrected chi connectivity index (χ3v) is 3.55. The van der Waals surface area contributed by atoms with Crippen molar-refractivity contribution in [2.45, 2.75) is 0 Å². The maximum Gasteiger partial charge on any atom is 0.489 e. The summed E-state index contributed by atoms with van der Waals surface area (Å²) in [5, 5.41) is 16.1. The molecule has 0 heterocycles. The van der Waals surface area contributed by atoms with Crippen LogP contribution in [0.3, 0.4) is 0 Å². The van der Waals surface area contributed by atoms with E-state index < -0.39 is 17.9 Å². The van der Waals surface area contributed by atoms with Crippen LogP contribution in [-0.2, 0) is 0 Å². The summed E-state index contributed by atoms with van der Waals surface area (Å²) in [5.74, 6) is 0. The fourth-order valence-electron chi connectivity index (χ4n) is 0.0915. The molecule has 7 heteroatoms. The Balaban J connectivity index is 4.38. The maximum atomic E-state index is 9.88. The second-order valence-electron chi connectivity index (χ2n) is 1.18. The van der Waals surface area contributed by atoms with Gasteiger partial charge in [0.05, 0.1) is 0 Å². The molecule has 4 nitrogen and oxygen atoms in total. The van der Waals surface area contributed by atoms with Crippen LogP contribution in [-0.4, -0.2) is 28.1 Å². The van der Waals surface area contributed by atoms with Crippen LogP contribution in [0.1, 0.15) is 0 Å². The van der Waals surface area contributed by atoms with Gasteiger partial charge in [-0.2, -0.15) is 0 Å². The predicted molar refractivity (Wildman–Crippen MR) is 33.5 cm³/mol. The first-order valence-electron chi connectivity index (χ1n) is 1.73. The molecule has 0 bridgehead atoms. The molecular weight excluding hydrogens is 187 g/mol. The van der Waals surface area contributed by atoms with Crippen molar-refractivity contribution in [2.24, 2.45) is 0 Å². The van der Waals surface area contributed by atoms with Gasteiger partial charge < -0.3 is 10.2 Å². The fraction of sp³-hybridized carbons (Fsp3) is 0. The lowest BCUT2D eigenvalue weighted by Crippen LogP contribution is -2.39. The second-order valence-corrected chi connectivity index (χ2v) is 7.17. The first-order chi connectivity index (χ1) is 3.89. The highest BCUT2D eigenvalue weighted by molar-refractivity contribution is 7.67. The number of carbonyl (C=O) groups is 2. The van der Waals surface area contributed by atoms with Crippen molar-refractivity contribution >= 4 is 40.0 Å². The topological polar surface area (TPSA) is 74.6 Å². The van der Waals surface area contributed by atoms with Gasteiger partial charge in [-0.15, -0.1) is 22.2 Å². The van der Waals surface area contributed by atoms with E-state index in [-0.39, 0.29) is 0 Å². The zero-order chi connectivity index (χ0) is 7.65. The van der Waals surface area contributed by atoms with Crippen LogP contribution in [0.5, 0.6) is 0 Å². The zero-order valence-electron chi connectivity index (χ0n) is 3.97. The summed E-state index contributed by atoms with van der Waals surface area (Å²) < 4.78 is 0. The second kappa shape index (κ2) is 2.55. The number of hydrogen-bond acceptors (Lipinski definition) is 2. The molecule has 9 heavy (non-hydrogen) atoms. The fourth-order valence-corrected chi connectivity index (χ4v) is 0.274. The molecule has 52 valence electrons. The molecule has 0 saturated heterocycles. The average molecular weight is 189 g/mol. The Morgan fingerprint density at radius 2 is 1.33 bits per heavy atom. The molecule has 0 rings (SSSR count). The van der Waals surface area contributed by atoms with E-state index in [4.69, 9.17) is 32.4 Å². The van der Waals surface area contributed by atoms with Gasteiger partial charge in [0.25, 0.3) is 0 Å². The third kappa shape index (κ3) is 1.85. The first-order valence-corrected chi connectivity index (χ1v) is 5.76. The van der Waals surface area contributed by atoms with Crippen LogP contribution in [0.2, 0.25) is 0 Å². The van der Waals surface area contributed by atoms with Gasteiger partial charge in [-0.05, 0) is 0 Å². The Hall–Kier alpha value is -0.263. The highest BCUT2D eigenvalue weighted by Gasteiger charge is 2.48. The van der Waals surface area contributed by atoms with Crippen LogP contribution in [0, 0.1) is 0 Å². The standard InChI is InChI=1S/C2H2Cl2O4Si/c3-9(4,1(5)6)2(7)8/h(H,5,6)(H,7,8). The minimum atomic E-state index is -4.08. The summed E-state index contributed by atoms with van der Waals surface area (Å²) in [4.78, 5) is 19.8. The number of halogens is 2. The average Bonchev–Trinajstić information content (AvgIpc) is 1.65. The Morgan fingerprint density at radius 3 is 1.33 bits per heavy atom. The highest BCUT2D eigenvalue weighted by atomic mass is 35.7. The lowest BCUT2D eigenvalue weighted by atomic mass is 11.6. The van der Waals surface area contributed by atoms with E-state index in [2.05, 4.69) is 0 Å². The monoisotopic (exact) mass is 188 g/mol. The number of rotatable bonds is 2. The Kier molecular flexibility index (Phi) is 2.47. The summed E-state index contributed by atoms with van der Waals surface area (Å²) in [6.45, 7) is -4.08. The highest BCUT2D eigenvalue weighted by Crippen LogP contribution is 2.15. The molecule has 0 saturated carbocycles. The molecule has 0 spiro atoms. The summed E-state index contributed by atoms with van der Waals surface area (Å²) in [6.07, 6.45) is 0. The molecular formula is C2H2Cl2O4Si. The molecule has 2 N–H and O–H groups in total. The molecule has 0 unspecified atom stereocenters. The molecule has 0 fully saturated rings. The van der Waals surface area contributed by atoms with Gasteiger partial charge in [0.15, 0.2) is 0 Å². The van der Waals surface area contributed by atoms with Crippen LogP contribution in [0.25, 0.3) is 0 Å². The molecule has 0 amide bonds. The molecule has 0 radical (unpaired) electrons. The molecule has 0 aliphatic carbocycles. The van der Waals surface area contributed by atoms with Gasteiger partial charge >= 0.3 is 17.9 Å². The van der Waals surface area contributed by atoms with Crippen LogP contribution < -0.4 is 0 Å². The SMILES string of the molecule is O=C(O)[Si](Cl)(Cl)C(=O)O. The summed E-state index contributed by atoms with van der Waals surface area (Å²) >= 11 is 9.82. The van der Waals surface area contributed by atoms with E-state index in [0.29, 0.717) is 0 Å². The van der Waals surface area contributed by atoms with Gasteiger partial charge in [-0.25, -0.2) is 0 Å². The van der Waals surface area contributed by atoms with E-state index in [0.717, 1.165) is 0 Å². The Labute approximate surface area is 60.4 Å². The predicted octanol–water partition coefficient (Wildman–Crippen LogP) is 1.43. The van der Waals surface area contributed by atoms with E-state index >= 15 is 0 Å². The third-order valence-electron chi connectivity index (χ3n) is 0.537. The van der Waals surface area contributed by atoms with E-state index in [1.165, 1.54) is 0 Å². The summed E-state index contributed by atoms with van der Waals surface area (Å²) in [5.41, 5.74) is -3.31. The molecule has 0 aromatic rings. The van der Waals surface area contributed by atoms with Crippen molar-refractivity contribution < 1.29 is 19.8 Å². The van der Waals surface area contributed by atoms with E-state index in [9.17, 15) is 9.59 Å². The largest absolute Gasteiger partial charge is 0.489 e. The van der Waals surface area contributed by atoms with Crippen LogP contribution in [0.4, 0.5) is 9.59 Å². The van der Waals surface area contributed by atoms with Crippen molar-refractivity contribution in [3.63, 3.8) is 0 Å². The maximum absolute atomic E-state index is 9.88. The lowest BCUT2D eigenvalue weighted by molar-refractivity contribution is 0.211. The Bertz CT molecular complexity index is 139. The van der Waals surface area contributed by atoms with Crippen molar-refractivity contribution in [3.05, 3.63) is 0 Å². The van der Waals surface area contributed by atoms with Gasteiger partial charge in [0, 0.05) is 0 Å². The van der Waals surface area contributed by atoms with Gasteiger partial charge in [-0.3, -0.25) is 9.59 Å². The molecule has 0 atom stereocenters. The number of carboxylic acid groups (broad SMARTS) is 2. The molecule has 0 aliphatic rings. The minimum Gasteiger partial charge on any atom is -0.483 e. The van der Waals surface area contributed by atoms with Crippen molar-refractivity contribution in [1.29, 1.82) is 0 Å². The summed E-state index contributed by atoms with van der Waals surface area (Å²) in [6, 6.07) is 0. The Morgan fingerprint density at radius 1 is 1.11 bits per heavy atom. The normalized spacial score (nSPS) is 10.9. The van der Waals surface area contributed by atoms with Crippen molar-refractivity contribution in [2.75, 3.05) is 0 Å². The van der Waals surface area contributed by atoms with Gasteiger partial charge in [-0.1, -0.05) is 0 Å². The van der Waals surface area contributed by atoms with Crippen molar-refractivity contribution in [3.8, 4) is 0 Å². The summed E-state index contributed by atoms with van der Waals surface area (Å²) in [7, 11) is 0.